The van der Waals surface area contributed by atoms with E-state index in [-0.39, 0.29) is 0 Å². The van der Waals surface area contributed by atoms with Gasteiger partial charge in [-0.05, 0) is 19.1 Å². The highest BCUT2D eigenvalue weighted by molar-refractivity contribution is 5.16. The van der Waals surface area contributed by atoms with E-state index in [0.29, 0.717) is 12.1 Å². The van der Waals surface area contributed by atoms with Crippen LogP contribution in [0.3, 0.4) is 0 Å². The Labute approximate surface area is 108 Å². The van der Waals surface area contributed by atoms with Crippen LogP contribution in [-0.4, -0.2) is 0 Å². The summed E-state index contributed by atoms with van der Waals surface area (Å²) in [6.45, 7) is 6.05. The summed E-state index contributed by atoms with van der Waals surface area (Å²) in [6, 6.07) is 15.2. The molecule has 0 saturated heterocycles. The summed E-state index contributed by atoms with van der Waals surface area (Å²) >= 11 is 0. The Morgan fingerprint density at radius 1 is 1.22 bits per heavy atom. The summed E-state index contributed by atoms with van der Waals surface area (Å²) in [6.07, 6.45) is 4.58. The maximum Gasteiger partial charge on any atom is 0.161 e. The van der Waals surface area contributed by atoms with E-state index in [1.165, 1.54) is 5.56 Å². The standard InChI is InChI=1S/C16H19NO/c1-3-8-15(16-11-7-12-18-16)17-13(2)14-9-5-4-6-10-14/h3-7,9-13,15,17H,1,8H2,2H3/p+1/t13-,15-/m0/s1. The summed E-state index contributed by atoms with van der Waals surface area (Å²) in [5.74, 6) is 1.01. The number of furan rings is 1. The van der Waals surface area contributed by atoms with Crippen molar-refractivity contribution in [2.24, 2.45) is 0 Å². The van der Waals surface area contributed by atoms with Gasteiger partial charge < -0.3 is 9.73 Å². The van der Waals surface area contributed by atoms with Crippen LogP contribution in [0.25, 0.3) is 0 Å². The lowest BCUT2D eigenvalue weighted by Crippen LogP contribution is -2.85. The molecule has 1 aromatic heterocycles. The highest BCUT2D eigenvalue weighted by atomic mass is 16.3. The first-order chi connectivity index (χ1) is 8.81. The third-order valence-electron chi connectivity index (χ3n) is 3.18. The SMILES string of the molecule is C=CC[C@H]([NH2+][C@@H](C)c1ccccc1)c1ccco1. The Balaban J connectivity index is 2.07. The molecule has 18 heavy (non-hydrogen) atoms. The fraction of sp³-hybridized carbons (Fsp3) is 0.250. The van der Waals surface area contributed by atoms with Crippen molar-refractivity contribution in [3.8, 4) is 0 Å². The van der Waals surface area contributed by atoms with Crippen LogP contribution in [0, 0.1) is 0 Å². The zero-order valence-corrected chi connectivity index (χ0v) is 10.8. The van der Waals surface area contributed by atoms with Crippen LogP contribution in [0.2, 0.25) is 0 Å². The fourth-order valence-corrected chi connectivity index (χ4v) is 2.19. The second-order valence-electron chi connectivity index (χ2n) is 4.54. The number of rotatable bonds is 6. The van der Waals surface area contributed by atoms with E-state index < -0.39 is 0 Å². The molecule has 2 heteroatoms. The molecule has 1 heterocycles. The van der Waals surface area contributed by atoms with Crippen molar-refractivity contribution < 1.29 is 9.73 Å². The van der Waals surface area contributed by atoms with E-state index >= 15 is 0 Å². The van der Waals surface area contributed by atoms with Gasteiger partial charge in [-0.25, -0.2) is 0 Å². The van der Waals surface area contributed by atoms with E-state index in [1.54, 1.807) is 6.26 Å². The van der Waals surface area contributed by atoms with E-state index in [4.69, 9.17) is 4.42 Å². The molecule has 1 aromatic carbocycles. The highest BCUT2D eigenvalue weighted by Crippen LogP contribution is 2.16. The minimum Gasteiger partial charge on any atom is -0.463 e. The Bertz CT molecular complexity index is 461. The van der Waals surface area contributed by atoms with Gasteiger partial charge in [-0.15, -0.1) is 6.58 Å². The molecule has 0 bridgehead atoms. The summed E-state index contributed by atoms with van der Waals surface area (Å²) in [7, 11) is 0. The Morgan fingerprint density at radius 2 is 2.00 bits per heavy atom. The first-order valence-corrected chi connectivity index (χ1v) is 6.35. The van der Waals surface area contributed by atoms with Gasteiger partial charge in [-0.1, -0.05) is 36.4 Å². The number of hydrogen-bond donors (Lipinski definition) is 1. The highest BCUT2D eigenvalue weighted by Gasteiger charge is 2.20. The maximum atomic E-state index is 5.51. The van der Waals surface area contributed by atoms with Crippen molar-refractivity contribution in [1.82, 2.24) is 0 Å². The molecule has 0 spiro atoms. The summed E-state index contributed by atoms with van der Waals surface area (Å²) in [5, 5.41) is 2.33. The lowest BCUT2D eigenvalue weighted by atomic mass is 10.1. The van der Waals surface area contributed by atoms with E-state index in [2.05, 4.69) is 43.1 Å². The van der Waals surface area contributed by atoms with Crippen molar-refractivity contribution in [1.29, 1.82) is 0 Å². The minimum atomic E-state index is 0.299. The topological polar surface area (TPSA) is 29.8 Å². The largest absolute Gasteiger partial charge is 0.463 e. The predicted octanol–water partition coefficient (Wildman–Crippen LogP) is 3.22. The quantitative estimate of drug-likeness (QED) is 0.774. The van der Waals surface area contributed by atoms with Gasteiger partial charge in [0.05, 0.1) is 6.26 Å². The van der Waals surface area contributed by atoms with E-state index in [9.17, 15) is 0 Å². The minimum absolute atomic E-state index is 0.299. The normalized spacial score (nSPS) is 14.1. The first-order valence-electron chi connectivity index (χ1n) is 6.35. The molecule has 0 unspecified atom stereocenters. The van der Waals surface area contributed by atoms with Crippen molar-refractivity contribution in [2.45, 2.75) is 25.4 Å². The monoisotopic (exact) mass is 242 g/mol. The molecular weight excluding hydrogens is 222 g/mol. The smallest absolute Gasteiger partial charge is 0.161 e. The van der Waals surface area contributed by atoms with Crippen LogP contribution >= 0.6 is 0 Å². The second kappa shape index (κ2) is 6.22. The van der Waals surface area contributed by atoms with Gasteiger partial charge in [0.1, 0.15) is 12.1 Å². The Kier molecular flexibility index (Phi) is 4.37. The molecule has 0 radical (unpaired) electrons. The maximum absolute atomic E-state index is 5.51. The number of hydrogen-bond acceptors (Lipinski definition) is 1. The molecule has 2 nitrogen and oxygen atoms in total. The van der Waals surface area contributed by atoms with Crippen LogP contribution < -0.4 is 5.32 Å². The summed E-state index contributed by atoms with van der Waals surface area (Å²) in [4.78, 5) is 0. The average Bonchev–Trinajstić information content (AvgIpc) is 2.93. The lowest BCUT2D eigenvalue weighted by Gasteiger charge is -2.17. The molecule has 2 aromatic rings. The van der Waals surface area contributed by atoms with Gasteiger partial charge in [0.25, 0.3) is 0 Å². The van der Waals surface area contributed by atoms with Crippen molar-refractivity contribution in [3.05, 3.63) is 72.7 Å². The van der Waals surface area contributed by atoms with Gasteiger partial charge in [0, 0.05) is 12.0 Å². The van der Waals surface area contributed by atoms with Gasteiger partial charge >= 0.3 is 0 Å². The fourth-order valence-electron chi connectivity index (χ4n) is 2.19. The van der Waals surface area contributed by atoms with Crippen LogP contribution in [0.1, 0.15) is 36.8 Å². The third kappa shape index (κ3) is 3.11. The predicted molar refractivity (Wildman–Crippen MR) is 73.0 cm³/mol. The molecule has 0 aliphatic rings. The van der Waals surface area contributed by atoms with E-state index in [0.717, 1.165) is 12.2 Å². The van der Waals surface area contributed by atoms with Crippen LogP contribution in [0.5, 0.6) is 0 Å². The second-order valence-corrected chi connectivity index (χ2v) is 4.54. The van der Waals surface area contributed by atoms with Gasteiger partial charge in [-0.2, -0.15) is 0 Å². The Morgan fingerprint density at radius 3 is 2.61 bits per heavy atom. The zero-order valence-electron chi connectivity index (χ0n) is 10.8. The van der Waals surface area contributed by atoms with Crippen molar-refractivity contribution in [3.63, 3.8) is 0 Å². The molecule has 0 fully saturated rings. The molecule has 0 saturated carbocycles. The number of benzene rings is 1. The molecule has 94 valence electrons. The number of nitrogens with two attached hydrogens (primary N) is 1. The van der Waals surface area contributed by atoms with Gasteiger partial charge in [0.2, 0.25) is 0 Å². The molecule has 0 amide bonds. The van der Waals surface area contributed by atoms with Gasteiger partial charge in [-0.3, -0.25) is 0 Å². The zero-order chi connectivity index (χ0) is 12.8. The van der Waals surface area contributed by atoms with Gasteiger partial charge in [0.15, 0.2) is 5.76 Å². The molecule has 2 rings (SSSR count). The van der Waals surface area contributed by atoms with Crippen LogP contribution in [0.15, 0.2) is 65.8 Å². The molecule has 2 N–H and O–H groups in total. The molecule has 0 aliphatic heterocycles. The molecule has 2 atom stereocenters. The molecule has 0 aliphatic carbocycles. The average molecular weight is 242 g/mol. The Hall–Kier alpha value is -1.80. The summed E-state index contributed by atoms with van der Waals surface area (Å²) in [5.41, 5.74) is 1.33. The van der Waals surface area contributed by atoms with Crippen molar-refractivity contribution >= 4 is 0 Å². The van der Waals surface area contributed by atoms with Crippen LogP contribution in [-0.2, 0) is 0 Å². The summed E-state index contributed by atoms with van der Waals surface area (Å²) < 4.78 is 5.51. The van der Waals surface area contributed by atoms with Crippen molar-refractivity contribution in [2.75, 3.05) is 0 Å². The van der Waals surface area contributed by atoms with Crippen LogP contribution in [0.4, 0.5) is 0 Å². The molecular formula is C16H20NO+. The number of quaternary nitrogens is 1. The first kappa shape index (κ1) is 12.7. The third-order valence-corrected chi connectivity index (χ3v) is 3.18. The lowest BCUT2D eigenvalue weighted by molar-refractivity contribution is -0.732. The van der Waals surface area contributed by atoms with E-state index in [1.807, 2.05) is 24.3 Å².